The topological polar surface area (TPSA) is 70.2 Å². The molecule has 7 nitrogen and oxygen atoms in total. The number of amides is 1. The lowest BCUT2D eigenvalue weighted by Crippen LogP contribution is -2.52. The number of hydrogen-bond donors (Lipinski definition) is 0. The molecule has 1 aliphatic heterocycles. The lowest BCUT2D eigenvalue weighted by Gasteiger charge is -2.37. The summed E-state index contributed by atoms with van der Waals surface area (Å²) < 4.78 is 32.5. The third-order valence-electron chi connectivity index (χ3n) is 5.93. The van der Waals surface area contributed by atoms with E-state index in [0.717, 1.165) is 21.8 Å². The van der Waals surface area contributed by atoms with Gasteiger partial charge in [0.1, 0.15) is 12.3 Å². The molecule has 0 unspecified atom stereocenters. The smallest absolute Gasteiger partial charge is 0.243 e. The van der Waals surface area contributed by atoms with Crippen LogP contribution in [0.5, 0.6) is 11.5 Å². The zero-order valence-electron chi connectivity index (χ0n) is 19.7. The molecule has 9 heteroatoms. The normalized spacial score (nSPS) is 14.0. The molecule has 0 atom stereocenters. The lowest BCUT2D eigenvalue weighted by molar-refractivity contribution is -0.129. The van der Waals surface area contributed by atoms with Crippen LogP contribution in [0.3, 0.4) is 0 Å². The van der Waals surface area contributed by atoms with Crippen molar-refractivity contribution >= 4 is 38.9 Å². The Morgan fingerprint density at radius 2 is 1.63 bits per heavy atom. The Labute approximate surface area is 211 Å². The summed E-state index contributed by atoms with van der Waals surface area (Å²) in [4.78, 5) is 17.1. The van der Waals surface area contributed by atoms with Crippen molar-refractivity contribution in [3.63, 3.8) is 0 Å². The fourth-order valence-electron chi connectivity index (χ4n) is 4.09. The van der Waals surface area contributed by atoms with Crippen molar-refractivity contribution in [3.05, 3.63) is 83.4 Å². The van der Waals surface area contributed by atoms with Crippen molar-refractivity contribution in [2.45, 2.75) is 6.92 Å². The quantitative estimate of drug-likeness (QED) is 0.463. The van der Waals surface area contributed by atoms with Gasteiger partial charge in [0.25, 0.3) is 0 Å². The number of anilines is 2. The maximum Gasteiger partial charge on any atom is 0.243 e. The van der Waals surface area contributed by atoms with Gasteiger partial charge in [-0.3, -0.25) is 9.10 Å². The second-order valence-electron chi connectivity index (χ2n) is 8.45. The summed E-state index contributed by atoms with van der Waals surface area (Å²) in [5.41, 5.74) is 2.49. The molecule has 0 radical (unpaired) electrons. The molecule has 1 heterocycles. The molecular formula is C26H28ClN3O4S. The average molecular weight is 514 g/mol. The first-order valence-electron chi connectivity index (χ1n) is 11.3. The zero-order chi connectivity index (χ0) is 25.0. The highest BCUT2D eigenvalue weighted by molar-refractivity contribution is 7.92. The predicted octanol–water partition coefficient (Wildman–Crippen LogP) is 4.56. The third kappa shape index (κ3) is 6.07. The number of carbonyl (C=O) groups excluding carboxylic acids is 1. The van der Waals surface area contributed by atoms with Gasteiger partial charge in [0.2, 0.25) is 15.9 Å². The van der Waals surface area contributed by atoms with Gasteiger partial charge >= 0.3 is 0 Å². The molecule has 0 aromatic heterocycles. The molecule has 35 heavy (non-hydrogen) atoms. The number of hydrogen-bond acceptors (Lipinski definition) is 5. The summed E-state index contributed by atoms with van der Waals surface area (Å²) in [5, 5.41) is 0.671. The van der Waals surface area contributed by atoms with E-state index in [2.05, 4.69) is 4.90 Å². The lowest BCUT2D eigenvalue weighted by atomic mass is 10.1. The SMILES string of the molecule is Cc1ccc(Cl)cc1N1CCN(C(=O)CN(c2ccccc2Oc2ccccc2)S(C)(=O)=O)CC1. The molecule has 4 rings (SSSR count). The van der Waals surface area contributed by atoms with Gasteiger partial charge in [0, 0.05) is 36.9 Å². The first-order valence-corrected chi connectivity index (χ1v) is 13.5. The molecule has 0 bridgehead atoms. The van der Waals surface area contributed by atoms with Crippen molar-refractivity contribution in [3.8, 4) is 11.5 Å². The van der Waals surface area contributed by atoms with Crippen LogP contribution >= 0.6 is 11.6 Å². The van der Waals surface area contributed by atoms with Crippen LogP contribution in [0, 0.1) is 6.92 Å². The van der Waals surface area contributed by atoms with Crippen molar-refractivity contribution in [1.82, 2.24) is 4.90 Å². The number of nitrogens with zero attached hydrogens (tertiary/aromatic N) is 3. The van der Waals surface area contributed by atoms with Crippen LogP contribution in [-0.2, 0) is 14.8 Å². The Morgan fingerprint density at radius 1 is 0.971 bits per heavy atom. The zero-order valence-corrected chi connectivity index (χ0v) is 21.3. The Kier molecular flexibility index (Phi) is 7.52. The van der Waals surface area contributed by atoms with E-state index in [4.69, 9.17) is 16.3 Å². The first-order chi connectivity index (χ1) is 16.7. The monoisotopic (exact) mass is 513 g/mol. The van der Waals surface area contributed by atoms with Crippen molar-refractivity contribution in [1.29, 1.82) is 0 Å². The number of carbonyl (C=O) groups is 1. The van der Waals surface area contributed by atoms with Gasteiger partial charge in [-0.05, 0) is 48.9 Å². The van der Waals surface area contributed by atoms with E-state index in [1.165, 1.54) is 0 Å². The predicted molar refractivity (Wildman–Crippen MR) is 140 cm³/mol. The van der Waals surface area contributed by atoms with Crippen LogP contribution < -0.4 is 13.9 Å². The first kappa shape index (κ1) is 24.9. The fraction of sp³-hybridized carbons (Fsp3) is 0.269. The summed E-state index contributed by atoms with van der Waals surface area (Å²) >= 11 is 6.17. The van der Waals surface area contributed by atoms with Gasteiger partial charge < -0.3 is 14.5 Å². The number of halogens is 1. The van der Waals surface area contributed by atoms with E-state index in [-0.39, 0.29) is 12.5 Å². The number of para-hydroxylation sites is 3. The number of benzene rings is 3. The number of sulfonamides is 1. The Hall–Kier alpha value is -3.23. The van der Waals surface area contributed by atoms with Crippen LogP contribution in [0.4, 0.5) is 11.4 Å². The third-order valence-corrected chi connectivity index (χ3v) is 7.29. The standard InChI is InChI=1S/C26H28ClN3O4S/c1-20-12-13-21(27)18-24(20)28-14-16-29(17-15-28)26(31)19-30(35(2,32)33)23-10-6-7-11-25(23)34-22-8-4-3-5-9-22/h3-13,18H,14-17,19H2,1-2H3. The average Bonchev–Trinajstić information content (AvgIpc) is 2.84. The Balaban J connectivity index is 1.49. The van der Waals surface area contributed by atoms with E-state index < -0.39 is 10.0 Å². The van der Waals surface area contributed by atoms with Crippen LogP contribution in [0.15, 0.2) is 72.8 Å². The number of ether oxygens (including phenoxy) is 1. The van der Waals surface area contributed by atoms with Crippen molar-refractivity contribution in [2.24, 2.45) is 0 Å². The second kappa shape index (κ2) is 10.6. The molecule has 184 valence electrons. The van der Waals surface area contributed by atoms with Gasteiger partial charge in [-0.2, -0.15) is 0 Å². The fourth-order valence-corrected chi connectivity index (χ4v) is 5.11. The minimum Gasteiger partial charge on any atom is -0.455 e. The van der Waals surface area contributed by atoms with E-state index >= 15 is 0 Å². The molecule has 0 spiro atoms. The molecular weight excluding hydrogens is 486 g/mol. The number of rotatable bonds is 7. The highest BCUT2D eigenvalue weighted by atomic mass is 35.5. The number of piperazine rings is 1. The highest BCUT2D eigenvalue weighted by Crippen LogP contribution is 2.33. The van der Waals surface area contributed by atoms with E-state index in [1.54, 1.807) is 41.3 Å². The van der Waals surface area contributed by atoms with E-state index in [9.17, 15) is 13.2 Å². The van der Waals surface area contributed by atoms with Gasteiger partial charge in [0.05, 0.1) is 11.9 Å². The van der Waals surface area contributed by atoms with Crippen molar-refractivity contribution < 1.29 is 17.9 Å². The van der Waals surface area contributed by atoms with E-state index in [0.29, 0.717) is 48.4 Å². The maximum absolute atomic E-state index is 13.2. The maximum atomic E-state index is 13.2. The van der Waals surface area contributed by atoms with Crippen LogP contribution in [0.1, 0.15) is 5.56 Å². The molecule has 3 aromatic carbocycles. The summed E-state index contributed by atoms with van der Waals surface area (Å²) in [7, 11) is -3.75. The molecule has 1 amide bonds. The Bertz CT molecular complexity index is 1290. The van der Waals surface area contributed by atoms with Crippen LogP contribution in [0.25, 0.3) is 0 Å². The molecule has 0 aliphatic carbocycles. The molecule has 3 aromatic rings. The van der Waals surface area contributed by atoms with Gasteiger partial charge in [-0.1, -0.05) is 48.0 Å². The minimum absolute atomic E-state index is 0.257. The molecule has 1 saturated heterocycles. The van der Waals surface area contributed by atoms with Gasteiger partial charge in [-0.25, -0.2) is 8.42 Å². The van der Waals surface area contributed by atoms with Crippen molar-refractivity contribution in [2.75, 3.05) is 48.2 Å². The molecule has 1 fully saturated rings. The summed E-state index contributed by atoms with van der Waals surface area (Å²) in [5.74, 6) is 0.678. The summed E-state index contributed by atoms with van der Waals surface area (Å²) in [6.07, 6.45) is 1.10. The van der Waals surface area contributed by atoms with Crippen LogP contribution in [-0.4, -0.2) is 58.2 Å². The highest BCUT2D eigenvalue weighted by Gasteiger charge is 2.28. The largest absolute Gasteiger partial charge is 0.455 e. The second-order valence-corrected chi connectivity index (χ2v) is 10.8. The van der Waals surface area contributed by atoms with Gasteiger partial charge in [-0.15, -0.1) is 0 Å². The molecule has 1 aliphatic rings. The minimum atomic E-state index is -3.75. The van der Waals surface area contributed by atoms with E-state index in [1.807, 2.05) is 43.3 Å². The number of aryl methyl sites for hydroxylation is 1. The summed E-state index contributed by atoms with van der Waals surface area (Å²) in [6.45, 7) is 3.99. The molecule has 0 saturated carbocycles. The van der Waals surface area contributed by atoms with Gasteiger partial charge in [0.15, 0.2) is 5.75 Å². The molecule has 0 N–H and O–H groups in total. The van der Waals surface area contributed by atoms with Crippen LogP contribution in [0.2, 0.25) is 5.02 Å². The summed E-state index contributed by atoms with van der Waals surface area (Å²) in [6, 6.07) is 21.7. The Morgan fingerprint density at radius 3 is 2.31 bits per heavy atom.